The largest absolute Gasteiger partial charge is 0.324 e. The van der Waals surface area contributed by atoms with Crippen LogP contribution in [0.1, 0.15) is 70.6 Å². The molecule has 2 heteroatoms. The molecular weight excluding hydrogens is 298 g/mol. The summed E-state index contributed by atoms with van der Waals surface area (Å²) in [6.45, 7) is 6.03. The molecule has 0 spiro atoms. The van der Waals surface area contributed by atoms with Crippen LogP contribution >= 0.6 is 15.9 Å². The van der Waals surface area contributed by atoms with Gasteiger partial charge < -0.3 is 4.48 Å². The van der Waals surface area contributed by atoms with Crippen LogP contribution in [0.3, 0.4) is 0 Å². The minimum absolute atomic E-state index is 1.11. The number of fused-ring (bicyclic) bond motifs is 3. The molecule has 112 valence electrons. The highest BCUT2D eigenvalue weighted by Gasteiger charge is 2.38. The minimum Gasteiger partial charge on any atom is -0.324 e. The highest BCUT2D eigenvalue weighted by Crippen LogP contribution is 2.33. The summed E-state index contributed by atoms with van der Waals surface area (Å²) in [6, 6.07) is 0. The van der Waals surface area contributed by atoms with Crippen molar-refractivity contribution in [3.63, 3.8) is 0 Å². The summed E-state index contributed by atoms with van der Waals surface area (Å²) in [5.74, 6) is 1.11. The number of hydrogen-bond donors (Lipinski definition) is 0. The van der Waals surface area contributed by atoms with Crippen molar-refractivity contribution in [2.24, 2.45) is 5.92 Å². The summed E-state index contributed by atoms with van der Waals surface area (Å²) < 4.78 is 1.50. The topological polar surface area (TPSA) is 0 Å². The molecule has 0 saturated carbocycles. The fraction of sp³-hybridized carbons (Fsp3) is 1.00. The lowest BCUT2D eigenvalue weighted by atomic mass is 9.85. The van der Waals surface area contributed by atoms with Crippen LogP contribution in [0.15, 0.2) is 0 Å². The Kier molecular flexibility index (Phi) is 7.22. The molecule has 0 atom stereocenters. The zero-order valence-corrected chi connectivity index (χ0v) is 14.3. The Morgan fingerprint density at radius 3 is 1.68 bits per heavy atom. The molecule has 3 saturated heterocycles. The summed E-state index contributed by atoms with van der Waals surface area (Å²) in [7, 11) is 0. The summed E-state index contributed by atoms with van der Waals surface area (Å²) in [5, 5.41) is 1.19. The smallest absolute Gasteiger partial charge is 0.0789 e. The van der Waals surface area contributed by atoms with Gasteiger partial charge in [0, 0.05) is 5.33 Å². The fourth-order valence-corrected chi connectivity index (χ4v) is 4.47. The fourth-order valence-electron chi connectivity index (χ4n) is 4.08. The first kappa shape index (κ1) is 15.8. The van der Waals surface area contributed by atoms with Crippen molar-refractivity contribution in [2.45, 2.75) is 70.6 Å². The number of unbranched alkanes of at least 4 members (excludes halogenated alkanes) is 7. The third kappa shape index (κ3) is 5.38. The van der Waals surface area contributed by atoms with Gasteiger partial charge in [-0.05, 0) is 44.4 Å². The van der Waals surface area contributed by atoms with E-state index in [1.165, 1.54) is 107 Å². The van der Waals surface area contributed by atoms with E-state index in [0.717, 1.165) is 5.92 Å². The van der Waals surface area contributed by atoms with Crippen LogP contribution in [0.25, 0.3) is 0 Å². The molecule has 1 nitrogen and oxygen atoms in total. The van der Waals surface area contributed by atoms with Crippen molar-refractivity contribution in [1.29, 1.82) is 0 Å². The second kappa shape index (κ2) is 8.67. The monoisotopic (exact) mass is 330 g/mol. The number of alkyl halides is 1. The molecule has 0 aromatic heterocycles. The molecule has 0 N–H and O–H groups in total. The first-order valence-corrected chi connectivity index (χ1v) is 9.88. The zero-order valence-electron chi connectivity index (χ0n) is 12.7. The second-order valence-electron chi connectivity index (χ2n) is 6.99. The number of nitrogens with zero attached hydrogens (tertiary/aromatic N) is 1. The van der Waals surface area contributed by atoms with Gasteiger partial charge in [0.1, 0.15) is 0 Å². The van der Waals surface area contributed by atoms with Crippen molar-refractivity contribution in [3.05, 3.63) is 0 Å². The summed E-state index contributed by atoms with van der Waals surface area (Å²) in [4.78, 5) is 0. The number of hydrogen-bond acceptors (Lipinski definition) is 0. The lowest BCUT2D eigenvalue weighted by molar-refractivity contribution is -0.942. The van der Waals surface area contributed by atoms with Crippen molar-refractivity contribution in [2.75, 3.05) is 31.5 Å². The van der Waals surface area contributed by atoms with E-state index in [-0.39, 0.29) is 0 Å². The van der Waals surface area contributed by atoms with Gasteiger partial charge in [0.2, 0.25) is 0 Å². The van der Waals surface area contributed by atoms with Gasteiger partial charge in [0.05, 0.1) is 26.2 Å². The Morgan fingerprint density at radius 2 is 1.16 bits per heavy atom. The summed E-state index contributed by atoms with van der Waals surface area (Å²) in [5.41, 5.74) is 0. The first-order valence-electron chi connectivity index (χ1n) is 8.76. The normalized spacial score (nSPS) is 29.8. The molecule has 0 aliphatic carbocycles. The number of piperidine rings is 3. The second-order valence-corrected chi connectivity index (χ2v) is 7.78. The van der Waals surface area contributed by atoms with Gasteiger partial charge in [-0.15, -0.1) is 0 Å². The highest BCUT2D eigenvalue weighted by atomic mass is 79.9. The number of halogens is 1. The highest BCUT2D eigenvalue weighted by molar-refractivity contribution is 9.09. The maximum Gasteiger partial charge on any atom is 0.0789 e. The van der Waals surface area contributed by atoms with Crippen LogP contribution in [0, 0.1) is 5.92 Å². The molecule has 0 radical (unpaired) electrons. The van der Waals surface area contributed by atoms with E-state index >= 15 is 0 Å². The van der Waals surface area contributed by atoms with Crippen molar-refractivity contribution in [1.82, 2.24) is 0 Å². The van der Waals surface area contributed by atoms with Crippen LogP contribution in [-0.2, 0) is 0 Å². The van der Waals surface area contributed by atoms with E-state index in [4.69, 9.17) is 0 Å². The van der Waals surface area contributed by atoms with E-state index in [9.17, 15) is 0 Å². The van der Waals surface area contributed by atoms with E-state index in [0.29, 0.717) is 0 Å². The van der Waals surface area contributed by atoms with Crippen LogP contribution in [-0.4, -0.2) is 36.0 Å². The molecule has 0 amide bonds. The zero-order chi connectivity index (χ0) is 13.4. The Morgan fingerprint density at radius 1 is 0.684 bits per heavy atom. The lowest BCUT2D eigenvalue weighted by Gasteiger charge is -2.49. The number of rotatable bonds is 10. The molecule has 2 bridgehead atoms. The quantitative estimate of drug-likeness (QED) is 0.296. The molecule has 0 unspecified atom stereocenters. The molecular formula is C17H33BrN+. The van der Waals surface area contributed by atoms with Crippen LogP contribution in [0.2, 0.25) is 0 Å². The van der Waals surface area contributed by atoms with Crippen molar-refractivity contribution < 1.29 is 4.48 Å². The van der Waals surface area contributed by atoms with Crippen molar-refractivity contribution in [3.8, 4) is 0 Å². The Balaban J connectivity index is 1.43. The third-order valence-electron chi connectivity index (χ3n) is 5.55. The maximum atomic E-state index is 3.50. The van der Waals surface area contributed by atoms with Crippen LogP contribution < -0.4 is 0 Å². The van der Waals surface area contributed by atoms with E-state index in [2.05, 4.69) is 15.9 Å². The summed E-state index contributed by atoms with van der Waals surface area (Å²) >= 11 is 3.50. The molecule has 0 aromatic carbocycles. The SMILES string of the molecule is BrCCCCCCCCCC[N+]12CCC(CC1)CC2. The maximum absolute atomic E-state index is 3.50. The average molecular weight is 331 g/mol. The van der Waals surface area contributed by atoms with Gasteiger partial charge in [-0.3, -0.25) is 0 Å². The molecule has 3 rings (SSSR count). The van der Waals surface area contributed by atoms with Gasteiger partial charge in [-0.2, -0.15) is 0 Å². The molecule has 0 aromatic rings. The van der Waals surface area contributed by atoms with Gasteiger partial charge >= 0.3 is 0 Å². The molecule has 3 heterocycles. The van der Waals surface area contributed by atoms with Crippen LogP contribution in [0.5, 0.6) is 0 Å². The third-order valence-corrected chi connectivity index (χ3v) is 6.11. The first-order chi connectivity index (χ1) is 9.35. The van der Waals surface area contributed by atoms with Gasteiger partial charge in [0.25, 0.3) is 0 Å². The van der Waals surface area contributed by atoms with Crippen molar-refractivity contribution >= 4 is 15.9 Å². The predicted molar refractivity (Wildman–Crippen MR) is 87.8 cm³/mol. The van der Waals surface area contributed by atoms with E-state index in [1.54, 1.807) is 0 Å². The Labute approximate surface area is 128 Å². The predicted octanol–water partition coefficient (Wildman–Crippen LogP) is 5.13. The molecule has 3 aliphatic rings. The van der Waals surface area contributed by atoms with Crippen LogP contribution in [0.4, 0.5) is 0 Å². The molecule has 3 fully saturated rings. The summed E-state index contributed by atoms with van der Waals surface area (Å²) in [6.07, 6.45) is 16.2. The Hall–Kier alpha value is 0.440. The Bertz CT molecular complexity index is 220. The molecule has 3 aliphatic heterocycles. The van der Waals surface area contributed by atoms with Gasteiger partial charge in [0.15, 0.2) is 0 Å². The van der Waals surface area contributed by atoms with Gasteiger partial charge in [-0.25, -0.2) is 0 Å². The molecule has 19 heavy (non-hydrogen) atoms. The number of quaternary nitrogens is 1. The van der Waals surface area contributed by atoms with E-state index in [1.807, 2.05) is 0 Å². The lowest BCUT2D eigenvalue weighted by Crippen LogP contribution is -2.58. The minimum atomic E-state index is 1.11. The average Bonchev–Trinajstić information content (AvgIpc) is 2.47. The van der Waals surface area contributed by atoms with E-state index < -0.39 is 0 Å². The van der Waals surface area contributed by atoms with Gasteiger partial charge in [-0.1, -0.05) is 48.0 Å². The standard InChI is InChI=1S/C17H33BrN/c18-12-7-5-3-1-2-4-6-8-13-19-14-9-17(10-15-19)11-16-19/h17H,1-16H2/q+1.